The fraction of sp³-hybridized carbons (Fsp3) is 0.654. The van der Waals surface area contributed by atoms with Crippen LogP contribution in [0, 0.1) is 5.41 Å². The van der Waals surface area contributed by atoms with Gasteiger partial charge in [0, 0.05) is 11.1 Å². The van der Waals surface area contributed by atoms with Crippen molar-refractivity contribution in [3.8, 4) is 0 Å². The van der Waals surface area contributed by atoms with Crippen molar-refractivity contribution in [1.29, 1.82) is 0 Å². The highest BCUT2D eigenvalue weighted by Crippen LogP contribution is 2.18. The predicted molar refractivity (Wildman–Crippen MR) is 128 cm³/mol. The van der Waals surface area contributed by atoms with Crippen molar-refractivity contribution in [2.24, 2.45) is 5.41 Å². The fourth-order valence-corrected chi connectivity index (χ4v) is 3.30. The van der Waals surface area contributed by atoms with Gasteiger partial charge in [-0.1, -0.05) is 91.5 Å². The van der Waals surface area contributed by atoms with Crippen LogP contribution in [0.15, 0.2) is 24.3 Å². The molecule has 0 heterocycles. The smallest absolute Gasteiger partial charge is 0.338 e. The lowest BCUT2D eigenvalue weighted by molar-refractivity contribution is -0.142. The molecule has 180 valence electrons. The van der Waals surface area contributed by atoms with E-state index >= 15 is 0 Å². The van der Waals surface area contributed by atoms with Crippen LogP contribution in [0.2, 0.25) is 0 Å². The topological polar surface area (TPSA) is 92.7 Å². The van der Waals surface area contributed by atoms with Crippen molar-refractivity contribution in [1.82, 2.24) is 0 Å². The summed E-state index contributed by atoms with van der Waals surface area (Å²) in [5, 5.41) is 12.5. The Hall–Kier alpha value is -2.21. The van der Waals surface area contributed by atoms with E-state index in [2.05, 4.69) is 12.2 Å². The molecule has 0 radical (unpaired) electrons. The zero-order valence-electron chi connectivity index (χ0n) is 20.2. The summed E-state index contributed by atoms with van der Waals surface area (Å²) in [7, 11) is 0. The summed E-state index contributed by atoms with van der Waals surface area (Å²) < 4.78 is 5.34. The molecule has 0 aliphatic rings. The van der Waals surface area contributed by atoms with Crippen LogP contribution < -0.4 is 5.32 Å². The van der Waals surface area contributed by atoms with Gasteiger partial charge in [0.1, 0.15) is 0 Å². The van der Waals surface area contributed by atoms with Gasteiger partial charge < -0.3 is 15.2 Å². The first kappa shape index (κ1) is 27.8. The summed E-state index contributed by atoms with van der Waals surface area (Å²) in [6.07, 6.45) is 10.4. The van der Waals surface area contributed by atoms with Gasteiger partial charge in [0.25, 0.3) is 5.91 Å². The molecule has 1 atom stereocenters. The van der Waals surface area contributed by atoms with Crippen molar-refractivity contribution in [3.63, 3.8) is 0 Å². The number of hydrogen-bond donors (Lipinski definition) is 2. The van der Waals surface area contributed by atoms with E-state index in [4.69, 9.17) is 4.74 Å². The molecule has 0 spiro atoms. The van der Waals surface area contributed by atoms with Gasteiger partial charge >= 0.3 is 5.97 Å². The Balaban J connectivity index is 2.33. The highest BCUT2D eigenvalue weighted by molar-refractivity contribution is 6.11. The number of ketones is 1. The number of benzene rings is 1. The van der Waals surface area contributed by atoms with Gasteiger partial charge in [-0.05, 0) is 24.6 Å². The maximum atomic E-state index is 12.3. The molecule has 1 amide bonds. The van der Waals surface area contributed by atoms with E-state index in [0.717, 1.165) is 19.3 Å². The second kappa shape index (κ2) is 14.8. The molecule has 1 unspecified atom stereocenters. The Bertz CT molecular complexity index is 723. The van der Waals surface area contributed by atoms with Crippen LogP contribution in [-0.2, 0) is 14.3 Å². The highest BCUT2D eigenvalue weighted by Gasteiger charge is 2.33. The second-order valence-corrected chi connectivity index (χ2v) is 9.40. The van der Waals surface area contributed by atoms with Crippen LogP contribution >= 0.6 is 0 Å². The molecule has 1 aromatic rings. The number of ether oxygens (including phenoxy) is 1. The van der Waals surface area contributed by atoms with Crippen molar-refractivity contribution < 1.29 is 24.2 Å². The number of hydrogen-bond acceptors (Lipinski definition) is 5. The van der Waals surface area contributed by atoms with Crippen molar-refractivity contribution in [2.45, 2.75) is 98.0 Å². The van der Waals surface area contributed by atoms with E-state index in [1.165, 1.54) is 51.0 Å². The number of rotatable bonds is 15. The summed E-state index contributed by atoms with van der Waals surface area (Å²) in [6.45, 7) is 7.50. The zero-order chi connectivity index (χ0) is 24.0. The third-order valence-electron chi connectivity index (χ3n) is 5.33. The monoisotopic (exact) mass is 447 g/mol. The summed E-state index contributed by atoms with van der Waals surface area (Å²) in [5.41, 5.74) is -0.201. The Morgan fingerprint density at radius 1 is 0.938 bits per heavy atom. The number of carbonyl (C=O) groups is 3. The minimum absolute atomic E-state index is 0.312. The Kier molecular flexibility index (Phi) is 12.8. The zero-order valence-corrected chi connectivity index (χ0v) is 20.2. The van der Waals surface area contributed by atoms with Crippen LogP contribution in [-0.4, -0.2) is 35.5 Å². The van der Waals surface area contributed by atoms with Gasteiger partial charge in [0.2, 0.25) is 0 Å². The maximum absolute atomic E-state index is 12.3. The number of amides is 1. The molecule has 1 rings (SSSR count). The molecule has 0 aliphatic carbocycles. The second-order valence-electron chi connectivity index (χ2n) is 9.40. The molecule has 0 aliphatic heterocycles. The summed E-state index contributed by atoms with van der Waals surface area (Å²) in [6, 6.07) is 6.29. The number of anilines is 1. The van der Waals surface area contributed by atoms with Crippen LogP contribution in [0.1, 0.15) is 102 Å². The number of Topliss-reactive ketones (excluding diaryl/α,β-unsaturated/α-hetero) is 1. The van der Waals surface area contributed by atoms with Crippen LogP contribution in [0.25, 0.3) is 0 Å². The number of esters is 1. The Labute approximate surface area is 193 Å². The van der Waals surface area contributed by atoms with E-state index < -0.39 is 29.2 Å². The lowest BCUT2D eigenvalue weighted by Gasteiger charge is -2.20. The molecule has 32 heavy (non-hydrogen) atoms. The number of nitrogens with one attached hydrogen (secondary N) is 1. The lowest BCUT2D eigenvalue weighted by atomic mass is 9.87. The molecule has 6 heteroatoms. The first-order valence-electron chi connectivity index (χ1n) is 12.0. The SMILES string of the molecule is CCCCCCCCCCCCOC(=O)c1cccc(NC(=O)C(O)C(=O)C(C)(C)C)c1. The minimum Gasteiger partial charge on any atom is -0.462 e. The number of unbranched alkanes of at least 4 members (excludes halogenated alkanes) is 9. The van der Waals surface area contributed by atoms with Crippen LogP contribution in [0.4, 0.5) is 5.69 Å². The normalized spacial score (nSPS) is 12.3. The standard InChI is InChI=1S/C26H41NO5/c1-5-6-7-8-9-10-11-12-13-14-18-32-25(31)20-16-15-17-21(19-20)27-24(30)22(28)23(29)26(2,3)4/h15-17,19,22,28H,5-14,18H2,1-4H3,(H,27,30). The molecule has 0 aromatic heterocycles. The molecule has 0 saturated carbocycles. The maximum Gasteiger partial charge on any atom is 0.338 e. The lowest BCUT2D eigenvalue weighted by Crippen LogP contribution is -2.41. The van der Waals surface area contributed by atoms with Gasteiger partial charge in [-0.15, -0.1) is 0 Å². The Morgan fingerprint density at radius 2 is 1.50 bits per heavy atom. The van der Waals surface area contributed by atoms with E-state index in [0.29, 0.717) is 17.9 Å². The van der Waals surface area contributed by atoms with E-state index in [-0.39, 0.29) is 0 Å². The third-order valence-corrected chi connectivity index (χ3v) is 5.33. The van der Waals surface area contributed by atoms with Crippen molar-refractivity contribution in [3.05, 3.63) is 29.8 Å². The summed E-state index contributed by atoms with van der Waals surface area (Å²) in [5.74, 6) is -1.84. The third kappa shape index (κ3) is 10.9. The number of aliphatic hydroxyl groups excluding tert-OH is 1. The minimum atomic E-state index is -1.76. The highest BCUT2D eigenvalue weighted by atomic mass is 16.5. The average molecular weight is 448 g/mol. The predicted octanol–water partition coefficient (Wildman–Crippen LogP) is 5.68. The van der Waals surface area contributed by atoms with E-state index in [1.807, 2.05) is 0 Å². The van der Waals surface area contributed by atoms with Gasteiger partial charge in [-0.2, -0.15) is 0 Å². The molecule has 0 bridgehead atoms. The van der Waals surface area contributed by atoms with Crippen molar-refractivity contribution in [2.75, 3.05) is 11.9 Å². The molecular weight excluding hydrogens is 406 g/mol. The molecule has 6 nitrogen and oxygen atoms in total. The number of carbonyl (C=O) groups excluding carboxylic acids is 3. The number of aliphatic hydroxyl groups is 1. The average Bonchev–Trinajstić information content (AvgIpc) is 2.75. The molecular formula is C26H41NO5. The molecule has 0 saturated heterocycles. The fourth-order valence-electron chi connectivity index (χ4n) is 3.30. The van der Waals surface area contributed by atoms with Gasteiger partial charge in [0.15, 0.2) is 11.9 Å². The quantitative estimate of drug-likeness (QED) is 0.205. The van der Waals surface area contributed by atoms with Gasteiger partial charge in [0.05, 0.1) is 12.2 Å². The molecule has 1 aromatic carbocycles. The van der Waals surface area contributed by atoms with E-state index in [1.54, 1.807) is 39.0 Å². The van der Waals surface area contributed by atoms with E-state index in [9.17, 15) is 19.5 Å². The van der Waals surface area contributed by atoms with Gasteiger partial charge in [-0.25, -0.2) is 4.79 Å². The Morgan fingerprint density at radius 3 is 2.06 bits per heavy atom. The summed E-state index contributed by atoms with van der Waals surface area (Å²) in [4.78, 5) is 36.5. The van der Waals surface area contributed by atoms with Crippen molar-refractivity contribution >= 4 is 23.3 Å². The van der Waals surface area contributed by atoms with Gasteiger partial charge in [-0.3, -0.25) is 9.59 Å². The first-order chi connectivity index (χ1) is 15.2. The molecule has 2 N–H and O–H groups in total. The van der Waals surface area contributed by atoms with Crippen LogP contribution in [0.3, 0.4) is 0 Å². The largest absolute Gasteiger partial charge is 0.462 e. The summed E-state index contributed by atoms with van der Waals surface area (Å²) >= 11 is 0. The first-order valence-corrected chi connectivity index (χ1v) is 12.0. The van der Waals surface area contributed by atoms with Crippen LogP contribution in [0.5, 0.6) is 0 Å². The molecule has 0 fully saturated rings.